The number of rotatable bonds is 13. The van der Waals surface area contributed by atoms with Crippen LogP contribution in [0.1, 0.15) is 11.1 Å². The van der Waals surface area contributed by atoms with Gasteiger partial charge in [0.25, 0.3) is 0 Å². The third-order valence-electron chi connectivity index (χ3n) is 20.5. The van der Waals surface area contributed by atoms with Gasteiger partial charge in [-0.3, -0.25) is 0 Å². The van der Waals surface area contributed by atoms with Crippen molar-refractivity contribution in [1.29, 1.82) is 0 Å². The van der Waals surface area contributed by atoms with E-state index in [0.717, 1.165) is 78.6 Å². The fourth-order valence-electron chi connectivity index (χ4n) is 15.5. The molecule has 0 atom stereocenters. The largest absolute Gasteiger partial charge is 0.310 e. The van der Waals surface area contributed by atoms with E-state index in [1.54, 1.807) is 0 Å². The molecule has 2 nitrogen and oxygen atoms in total. The summed E-state index contributed by atoms with van der Waals surface area (Å²) in [5.74, 6) is 0. The Morgan fingerprint density at radius 2 is 0.380 bits per heavy atom. The maximum absolute atomic E-state index is 2.46. The molecule has 0 N–H and O–H groups in total. The number of nitrogens with zero attached hydrogens (tertiary/aromatic N) is 2. The first-order chi connectivity index (χ1) is 49.4. The van der Waals surface area contributed by atoms with Gasteiger partial charge in [0.2, 0.25) is 0 Å². The van der Waals surface area contributed by atoms with Crippen molar-refractivity contribution in [3.63, 3.8) is 0 Å². The Morgan fingerprint density at radius 3 is 0.720 bits per heavy atom. The predicted octanol–water partition coefficient (Wildman–Crippen LogP) is 27.8. The van der Waals surface area contributed by atoms with Gasteiger partial charge in [-0.2, -0.15) is 0 Å². The zero-order valence-electron chi connectivity index (χ0n) is 55.7. The Morgan fingerprint density at radius 1 is 0.150 bits per heavy atom. The fraction of sp³-hybridized carbons (Fsp3) is 0.0204. The second-order valence-corrected chi connectivity index (χ2v) is 26.4. The minimum atomic E-state index is 1.07. The Hall–Kier alpha value is -12.9. The van der Waals surface area contributed by atoms with E-state index >= 15 is 0 Å². The van der Waals surface area contributed by atoms with Crippen LogP contribution in [0.3, 0.4) is 0 Å². The molecule has 470 valence electrons. The molecule has 0 aliphatic carbocycles. The number of benzene rings is 18. The molecule has 0 amide bonds. The number of aryl methyl sites for hydroxylation is 2. The molecule has 0 fully saturated rings. The molecule has 0 unspecified atom stereocenters. The molecule has 0 saturated heterocycles. The highest BCUT2D eigenvalue weighted by Crippen LogP contribution is 2.48. The van der Waals surface area contributed by atoms with Gasteiger partial charge in [0, 0.05) is 33.9 Å². The standard InChI is InChI=1S/C98H68N2/c1-65-61-75(51-59-95(65)99(97-35-19-17-25-81(97)73-41-37-69(38-42-73)67-21-5-3-6-22-67)79-53-45-71(46-54-79)77-49-57-91-87-31-11-9-27-83(87)85-29-13-15-33-89(85)93(91)63-77)76-52-60-96(66(2)62-76)100(98-36-20-18-26-82(98)74-43-39-70(40-44-74)68-23-7-4-8-24-68)80-55-47-72(48-56-80)78-50-58-92-88-32-12-10-28-84(88)86-30-14-16-34-90(86)94(92)64-78/h3-64H,1-2H3. The van der Waals surface area contributed by atoms with Crippen LogP contribution in [0.25, 0.3) is 143 Å². The molecule has 18 rings (SSSR count). The van der Waals surface area contributed by atoms with Crippen molar-refractivity contribution in [2.45, 2.75) is 13.8 Å². The normalized spacial score (nSPS) is 11.5. The van der Waals surface area contributed by atoms with E-state index in [1.807, 2.05) is 0 Å². The minimum Gasteiger partial charge on any atom is -0.310 e. The van der Waals surface area contributed by atoms with Crippen LogP contribution in [0.4, 0.5) is 34.1 Å². The Balaban J connectivity index is 0.723. The number of anilines is 6. The van der Waals surface area contributed by atoms with Crippen molar-refractivity contribution < 1.29 is 0 Å². The van der Waals surface area contributed by atoms with E-state index in [4.69, 9.17) is 0 Å². The van der Waals surface area contributed by atoms with E-state index < -0.39 is 0 Å². The summed E-state index contributed by atoms with van der Waals surface area (Å²) in [4.78, 5) is 4.91. The summed E-state index contributed by atoms with van der Waals surface area (Å²) in [7, 11) is 0. The van der Waals surface area contributed by atoms with E-state index in [9.17, 15) is 0 Å². The van der Waals surface area contributed by atoms with Crippen molar-refractivity contribution in [1.82, 2.24) is 0 Å². The third-order valence-corrected chi connectivity index (χ3v) is 20.5. The van der Waals surface area contributed by atoms with Crippen LogP contribution in [0.15, 0.2) is 376 Å². The summed E-state index contributed by atoms with van der Waals surface area (Å²) in [6.07, 6.45) is 0. The van der Waals surface area contributed by atoms with Gasteiger partial charge in [-0.15, -0.1) is 0 Å². The average Bonchev–Trinajstić information content (AvgIpc) is 0.751. The summed E-state index contributed by atoms with van der Waals surface area (Å²) < 4.78 is 0. The lowest BCUT2D eigenvalue weighted by molar-refractivity contribution is 1.24. The van der Waals surface area contributed by atoms with Crippen LogP contribution >= 0.6 is 0 Å². The number of hydrogen-bond acceptors (Lipinski definition) is 2. The number of hydrogen-bond donors (Lipinski definition) is 0. The molecule has 2 heteroatoms. The molecule has 0 aliphatic heterocycles. The molecular formula is C98H68N2. The van der Waals surface area contributed by atoms with Gasteiger partial charge in [-0.05, 0) is 229 Å². The van der Waals surface area contributed by atoms with Gasteiger partial charge in [0.15, 0.2) is 0 Å². The van der Waals surface area contributed by atoms with Crippen LogP contribution in [0.2, 0.25) is 0 Å². The maximum Gasteiger partial charge on any atom is 0.0540 e. The minimum absolute atomic E-state index is 1.07. The van der Waals surface area contributed by atoms with Crippen molar-refractivity contribution in [2.24, 2.45) is 0 Å². The van der Waals surface area contributed by atoms with E-state index in [0.29, 0.717) is 0 Å². The van der Waals surface area contributed by atoms with Crippen LogP contribution in [-0.4, -0.2) is 0 Å². The van der Waals surface area contributed by atoms with Gasteiger partial charge in [-0.1, -0.05) is 303 Å². The van der Waals surface area contributed by atoms with Crippen molar-refractivity contribution in [2.75, 3.05) is 9.80 Å². The Kier molecular flexibility index (Phi) is 15.1. The summed E-state index contributed by atoms with van der Waals surface area (Å²) in [5.41, 5.74) is 25.3. The smallest absolute Gasteiger partial charge is 0.0540 e. The van der Waals surface area contributed by atoms with Gasteiger partial charge in [0.05, 0.1) is 11.4 Å². The second-order valence-electron chi connectivity index (χ2n) is 26.4. The third kappa shape index (κ3) is 10.7. The fourth-order valence-corrected chi connectivity index (χ4v) is 15.5. The summed E-state index contributed by atoms with van der Waals surface area (Å²) in [6.45, 7) is 4.53. The lowest BCUT2D eigenvalue weighted by Crippen LogP contribution is -2.13. The topological polar surface area (TPSA) is 6.48 Å². The SMILES string of the molecule is Cc1cc(-c2ccc(N(c3ccc(-c4ccc5c6ccccc6c6ccccc6c5c4)cc3)c3ccccc3-c3ccc(-c4ccccc4)cc3)c(C)c2)ccc1N(c1ccc(-c2ccc3c4ccccc4c4ccccc4c3c2)cc1)c1ccccc1-c1ccc(-c2ccccc2)cc1. The van der Waals surface area contributed by atoms with Gasteiger partial charge in [-0.25, -0.2) is 0 Å². The van der Waals surface area contributed by atoms with Crippen molar-refractivity contribution in [3.8, 4) is 77.9 Å². The van der Waals surface area contributed by atoms with E-state index in [1.165, 1.54) is 109 Å². The maximum atomic E-state index is 2.46. The Labute approximate surface area is 583 Å². The first-order valence-corrected chi connectivity index (χ1v) is 34.6. The molecule has 0 aliphatic rings. The highest BCUT2D eigenvalue weighted by molar-refractivity contribution is 6.27. The van der Waals surface area contributed by atoms with Crippen LogP contribution in [0, 0.1) is 13.8 Å². The van der Waals surface area contributed by atoms with Gasteiger partial charge in [0.1, 0.15) is 0 Å². The van der Waals surface area contributed by atoms with Crippen LogP contribution in [0.5, 0.6) is 0 Å². The highest BCUT2D eigenvalue weighted by Gasteiger charge is 2.23. The second kappa shape index (κ2) is 25.3. The van der Waals surface area contributed by atoms with E-state index in [-0.39, 0.29) is 0 Å². The predicted molar refractivity (Wildman–Crippen MR) is 428 cm³/mol. The number of para-hydroxylation sites is 2. The summed E-state index contributed by atoms with van der Waals surface area (Å²) in [5, 5.41) is 15.3. The molecule has 0 spiro atoms. The first kappa shape index (κ1) is 59.6. The molecular weight excluding hydrogens is 1210 g/mol. The zero-order chi connectivity index (χ0) is 66.6. The summed E-state index contributed by atoms with van der Waals surface area (Å²) in [6, 6.07) is 139. The van der Waals surface area contributed by atoms with Crippen LogP contribution < -0.4 is 9.80 Å². The molecule has 18 aromatic carbocycles. The first-order valence-electron chi connectivity index (χ1n) is 34.6. The molecule has 0 radical (unpaired) electrons. The molecule has 100 heavy (non-hydrogen) atoms. The molecule has 0 saturated carbocycles. The monoisotopic (exact) mass is 1270 g/mol. The van der Waals surface area contributed by atoms with Gasteiger partial charge < -0.3 is 9.80 Å². The van der Waals surface area contributed by atoms with E-state index in [2.05, 4.69) is 400 Å². The van der Waals surface area contributed by atoms with Crippen LogP contribution in [-0.2, 0) is 0 Å². The van der Waals surface area contributed by atoms with Crippen molar-refractivity contribution in [3.05, 3.63) is 387 Å². The van der Waals surface area contributed by atoms with Crippen molar-refractivity contribution >= 4 is 98.8 Å². The number of fused-ring (bicyclic) bond motifs is 12. The molecule has 0 aromatic heterocycles. The Bertz CT molecular complexity index is 5680. The lowest BCUT2D eigenvalue weighted by Gasteiger charge is -2.30. The molecule has 0 bridgehead atoms. The summed E-state index contributed by atoms with van der Waals surface area (Å²) >= 11 is 0. The highest BCUT2D eigenvalue weighted by atomic mass is 15.2. The van der Waals surface area contributed by atoms with Gasteiger partial charge >= 0.3 is 0 Å². The zero-order valence-corrected chi connectivity index (χ0v) is 55.7. The molecule has 18 aromatic rings. The molecule has 0 heterocycles. The quantitative estimate of drug-likeness (QED) is 0.106. The average molecular weight is 1270 g/mol. The lowest BCUT2D eigenvalue weighted by atomic mass is 9.92.